The molecule has 0 aliphatic rings. The molecule has 0 rings (SSSR count). The Morgan fingerprint density at radius 3 is 0.805 bits per heavy atom. The van der Waals surface area contributed by atoms with Gasteiger partial charge in [0.1, 0.15) is 13.2 Å². The third-order valence-corrected chi connectivity index (χ3v) is 14.7. The standard InChI is InChI=1S/C71H126O6/c1-4-7-10-13-16-19-22-24-26-28-30-31-32-33-34-35-36-37-38-39-41-42-44-46-49-52-55-58-61-64-70(73)76-67-68(66-75-69(72)63-60-57-54-51-48-21-18-15-12-9-6-3)77-71(74)65-62-59-56-53-50-47-45-43-40-29-27-25-23-20-17-14-11-8-5-2/h15,17-18,20,22,24-25,27-28,30,32-33,68H,4-14,16,19,21,23,26,29,31,34-67H2,1-3H3/b18-15-,20-17-,24-22-,27-25-,30-28-,33-32-. The zero-order valence-electron chi connectivity index (χ0n) is 51.2. The molecule has 77 heavy (non-hydrogen) atoms. The van der Waals surface area contributed by atoms with Crippen LogP contribution in [0.5, 0.6) is 0 Å². The zero-order valence-corrected chi connectivity index (χ0v) is 51.2. The molecule has 0 saturated heterocycles. The molecule has 0 aliphatic heterocycles. The van der Waals surface area contributed by atoms with Gasteiger partial charge in [0.2, 0.25) is 0 Å². The lowest BCUT2D eigenvalue weighted by Crippen LogP contribution is -2.30. The number of esters is 3. The van der Waals surface area contributed by atoms with E-state index in [9.17, 15) is 14.4 Å². The van der Waals surface area contributed by atoms with Gasteiger partial charge < -0.3 is 14.2 Å². The summed E-state index contributed by atoms with van der Waals surface area (Å²) in [5.74, 6) is -0.878. The first kappa shape index (κ1) is 73.8. The summed E-state index contributed by atoms with van der Waals surface area (Å²) < 4.78 is 16.9. The Bertz CT molecular complexity index is 1420. The van der Waals surface area contributed by atoms with Crippen LogP contribution in [0.3, 0.4) is 0 Å². The molecule has 0 aromatic carbocycles. The predicted octanol–water partition coefficient (Wildman–Crippen LogP) is 22.9. The Labute approximate surface area is 478 Å². The first-order valence-corrected chi connectivity index (χ1v) is 33.4. The number of ether oxygens (including phenoxy) is 3. The van der Waals surface area contributed by atoms with Crippen molar-refractivity contribution in [2.75, 3.05) is 13.2 Å². The molecule has 6 heteroatoms. The highest BCUT2D eigenvalue weighted by Gasteiger charge is 2.19. The number of rotatable bonds is 61. The van der Waals surface area contributed by atoms with Crippen LogP contribution in [-0.4, -0.2) is 37.2 Å². The Balaban J connectivity index is 4.20. The molecule has 0 bridgehead atoms. The van der Waals surface area contributed by atoms with E-state index in [1.54, 1.807) is 0 Å². The molecule has 0 aromatic heterocycles. The van der Waals surface area contributed by atoms with Crippen LogP contribution >= 0.6 is 0 Å². The van der Waals surface area contributed by atoms with E-state index < -0.39 is 6.10 Å². The SMILES string of the molecule is CCCC/C=C\CCCCCCCC(=O)OCC(COC(=O)CCCCCCCCCCCCCCCC/C=C\C/C=C\C/C=C\CCCCCCC)OC(=O)CCCCCCCCCCC/C=C\C/C=C\CCCCC. The third kappa shape index (κ3) is 63.6. The molecular formula is C71H126O6. The van der Waals surface area contributed by atoms with E-state index in [1.165, 1.54) is 218 Å². The lowest BCUT2D eigenvalue weighted by molar-refractivity contribution is -0.167. The number of carbonyl (C=O) groups is 3. The van der Waals surface area contributed by atoms with Gasteiger partial charge in [-0.1, -0.05) is 286 Å². The summed E-state index contributed by atoms with van der Waals surface area (Å²) in [4.78, 5) is 38.3. The van der Waals surface area contributed by atoms with E-state index in [-0.39, 0.29) is 31.1 Å². The van der Waals surface area contributed by atoms with Crippen molar-refractivity contribution in [3.8, 4) is 0 Å². The summed E-state index contributed by atoms with van der Waals surface area (Å²) in [6.45, 7) is 6.59. The molecule has 0 saturated carbocycles. The minimum absolute atomic E-state index is 0.0779. The van der Waals surface area contributed by atoms with Gasteiger partial charge in [-0.3, -0.25) is 14.4 Å². The van der Waals surface area contributed by atoms with Crippen molar-refractivity contribution in [2.24, 2.45) is 0 Å². The minimum Gasteiger partial charge on any atom is -0.462 e. The summed E-state index contributed by atoms with van der Waals surface area (Å²) in [7, 11) is 0. The second kappa shape index (κ2) is 65.4. The molecular weight excluding hydrogens is 949 g/mol. The molecule has 0 spiro atoms. The van der Waals surface area contributed by atoms with Crippen LogP contribution in [0.2, 0.25) is 0 Å². The maximum Gasteiger partial charge on any atom is 0.306 e. The molecule has 446 valence electrons. The van der Waals surface area contributed by atoms with Crippen molar-refractivity contribution < 1.29 is 28.6 Å². The second-order valence-electron chi connectivity index (χ2n) is 22.4. The van der Waals surface area contributed by atoms with Gasteiger partial charge in [-0.2, -0.15) is 0 Å². The fourth-order valence-electron chi connectivity index (χ4n) is 9.58. The Morgan fingerprint density at radius 2 is 0.481 bits per heavy atom. The van der Waals surface area contributed by atoms with Gasteiger partial charge in [-0.05, 0) is 109 Å². The zero-order chi connectivity index (χ0) is 55.7. The normalized spacial score (nSPS) is 12.5. The Hall–Kier alpha value is -3.15. The third-order valence-electron chi connectivity index (χ3n) is 14.7. The topological polar surface area (TPSA) is 78.9 Å². The highest BCUT2D eigenvalue weighted by molar-refractivity contribution is 5.71. The lowest BCUT2D eigenvalue weighted by Gasteiger charge is -2.18. The fraction of sp³-hybridized carbons (Fsp3) is 0.789. The van der Waals surface area contributed by atoms with Crippen molar-refractivity contribution in [1.29, 1.82) is 0 Å². The van der Waals surface area contributed by atoms with Crippen LogP contribution in [0.25, 0.3) is 0 Å². The highest BCUT2D eigenvalue weighted by atomic mass is 16.6. The average Bonchev–Trinajstić information content (AvgIpc) is 3.43. The molecule has 0 aliphatic carbocycles. The maximum atomic E-state index is 12.9. The van der Waals surface area contributed by atoms with Crippen molar-refractivity contribution in [3.05, 3.63) is 72.9 Å². The molecule has 0 amide bonds. The van der Waals surface area contributed by atoms with Gasteiger partial charge in [0.05, 0.1) is 0 Å². The molecule has 0 fully saturated rings. The van der Waals surface area contributed by atoms with Crippen molar-refractivity contribution in [2.45, 2.75) is 348 Å². The number of hydrogen-bond donors (Lipinski definition) is 0. The molecule has 1 atom stereocenters. The largest absolute Gasteiger partial charge is 0.462 e. The molecule has 0 aromatic rings. The predicted molar refractivity (Wildman–Crippen MR) is 335 cm³/mol. The van der Waals surface area contributed by atoms with E-state index in [0.29, 0.717) is 19.3 Å². The molecule has 1 unspecified atom stereocenters. The number of allylic oxidation sites excluding steroid dienone is 12. The molecule has 0 radical (unpaired) electrons. The van der Waals surface area contributed by atoms with Crippen LogP contribution in [0.4, 0.5) is 0 Å². The number of hydrogen-bond acceptors (Lipinski definition) is 6. The first-order valence-electron chi connectivity index (χ1n) is 33.4. The average molecular weight is 1080 g/mol. The fourth-order valence-corrected chi connectivity index (χ4v) is 9.58. The quantitative estimate of drug-likeness (QED) is 0.0261. The van der Waals surface area contributed by atoms with Gasteiger partial charge in [0.15, 0.2) is 6.10 Å². The minimum atomic E-state index is -0.781. The molecule has 0 N–H and O–H groups in total. The summed E-state index contributed by atoms with van der Waals surface area (Å²) in [5.41, 5.74) is 0. The highest BCUT2D eigenvalue weighted by Crippen LogP contribution is 2.17. The van der Waals surface area contributed by atoms with Crippen LogP contribution in [0.1, 0.15) is 342 Å². The second-order valence-corrected chi connectivity index (χ2v) is 22.4. The van der Waals surface area contributed by atoms with E-state index in [0.717, 1.165) is 83.5 Å². The maximum absolute atomic E-state index is 12.9. The van der Waals surface area contributed by atoms with Crippen LogP contribution < -0.4 is 0 Å². The van der Waals surface area contributed by atoms with E-state index in [1.807, 2.05) is 0 Å². The smallest absolute Gasteiger partial charge is 0.306 e. The lowest BCUT2D eigenvalue weighted by atomic mass is 10.0. The van der Waals surface area contributed by atoms with Crippen LogP contribution in [0.15, 0.2) is 72.9 Å². The summed E-state index contributed by atoms with van der Waals surface area (Å²) in [6, 6.07) is 0. The van der Waals surface area contributed by atoms with Gasteiger partial charge in [-0.15, -0.1) is 0 Å². The van der Waals surface area contributed by atoms with Crippen molar-refractivity contribution >= 4 is 17.9 Å². The van der Waals surface area contributed by atoms with Gasteiger partial charge >= 0.3 is 17.9 Å². The van der Waals surface area contributed by atoms with Crippen molar-refractivity contribution in [1.82, 2.24) is 0 Å². The van der Waals surface area contributed by atoms with E-state index in [2.05, 4.69) is 93.7 Å². The Morgan fingerprint density at radius 1 is 0.260 bits per heavy atom. The van der Waals surface area contributed by atoms with E-state index in [4.69, 9.17) is 14.2 Å². The van der Waals surface area contributed by atoms with Gasteiger partial charge in [0.25, 0.3) is 0 Å². The Kier molecular flexibility index (Phi) is 62.7. The molecule has 0 heterocycles. The number of carbonyl (C=O) groups excluding carboxylic acids is 3. The molecule has 6 nitrogen and oxygen atoms in total. The van der Waals surface area contributed by atoms with Crippen LogP contribution in [0, 0.1) is 0 Å². The summed E-state index contributed by atoms with van der Waals surface area (Å²) >= 11 is 0. The van der Waals surface area contributed by atoms with Crippen molar-refractivity contribution in [3.63, 3.8) is 0 Å². The monoisotopic (exact) mass is 1070 g/mol. The summed E-state index contributed by atoms with van der Waals surface area (Å²) in [5, 5.41) is 0. The van der Waals surface area contributed by atoms with E-state index >= 15 is 0 Å². The van der Waals surface area contributed by atoms with Gasteiger partial charge in [-0.25, -0.2) is 0 Å². The number of unbranched alkanes of at least 4 members (excludes halogenated alkanes) is 38. The first-order chi connectivity index (χ1) is 38.0. The summed E-state index contributed by atoms with van der Waals surface area (Å²) in [6.07, 6.45) is 84.9. The van der Waals surface area contributed by atoms with Gasteiger partial charge in [0, 0.05) is 19.3 Å². The van der Waals surface area contributed by atoms with Crippen LogP contribution in [-0.2, 0) is 28.6 Å².